The summed E-state index contributed by atoms with van der Waals surface area (Å²) in [5.74, 6) is 3.34. The van der Waals surface area contributed by atoms with E-state index in [4.69, 9.17) is 0 Å². The van der Waals surface area contributed by atoms with Gasteiger partial charge in [-0.05, 0) is 74.2 Å². The fraction of sp³-hybridized carbons (Fsp3) is 0.684. The number of aryl methyl sites for hydroxylation is 1. The lowest BCUT2D eigenvalue weighted by Gasteiger charge is -2.39. The summed E-state index contributed by atoms with van der Waals surface area (Å²) in [6.45, 7) is 0. The van der Waals surface area contributed by atoms with Crippen LogP contribution in [0.2, 0.25) is 0 Å². The maximum atomic E-state index is 11.1. The van der Waals surface area contributed by atoms with Crippen LogP contribution in [0, 0.1) is 23.7 Å². The Labute approximate surface area is 122 Å². The van der Waals surface area contributed by atoms with Crippen LogP contribution in [-0.4, -0.2) is 10.7 Å². The summed E-state index contributed by atoms with van der Waals surface area (Å²) < 4.78 is 0. The van der Waals surface area contributed by atoms with Crippen molar-refractivity contribution in [2.24, 2.45) is 23.7 Å². The van der Waals surface area contributed by atoms with Crippen molar-refractivity contribution in [3.63, 3.8) is 0 Å². The molecule has 0 aromatic heterocycles. The third-order valence-corrected chi connectivity index (χ3v) is 6.53. The zero-order valence-corrected chi connectivity index (χ0v) is 12.3. The topological polar surface area (TPSA) is 20.2 Å². The van der Waals surface area contributed by atoms with Gasteiger partial charge in [0.15, 0.2) is 0 Å². The Kier molecular flexibility index (Phi) is 3.14. The maximum Gasteiger partial charge on any atom is 0.0681 e. The van der Waals surface area contributed by atoms with E-state index in [-0.39, 0.29) is 5.60 Å². The van der Waals surface area contributed by atoms with Gasteiger partial charge in [0.05, 0.1) is 5.60 Å². The second kappa shape index (κ2) is 4.87. The van der Waals surface area contributed by atoms with Gasteiger partial charge in [-0.15, -0.1) is 0 Å². The Hall–Kier alpha value is -0.820. The van der Waals surface area contributed by atoms with Crippen LogP contribution in [0.3, 0.4) is 0 Å². The van der Waals surface area contributed by atoms with Crippen molar-refractivity contribution in [2.45, 2.75) is 57.0 Å². The van der Waals surface area contributed by atoms with Crippen molar-refractivity contribution in [3.8, 4) is 0 Å². The van der Waals surface area contributed by atoms with Crippen LogP contribution < -0.4 is 0 Å². The van der Waals surface area contributed by atoms with Gasteiger partial charge in [-0.2, -0.15) is 0 Å². The van der Waals surface area contributed by atoms with E-state index in [0.717, 1.165) is 43.4 Å². The molecule has 3 aliphatic carbocycles. The molecule has 1 aromatic carbocycles. The summed E-state index contributed by atoms with van der Waals surface area (Å²) in [7, 11) is 0. The van der Waals surface area contributed by atoms with Crippen molar-refractivity contribution in [1.82, 2.24) is 0 Å². The Bertz CT molecular complexity index is 468. The van der Waals surface area contributed by atoms with Crippen LogP contribution in [0.15, 0.2) is 30.3 Å². The third kappa shape index (κ3) is 2.02. The number of hydrogen-bond acceptors (Lipinski definition) is 1. The molecule has 2 bridgehead atoms. The predicted molar refractivity (Wildman–Crippen MR) is 81.4 cm³/mol. The molecule has 0 amide bonds. The van der Waals surface area contributed by atoms with Gasteiger partial charge >= 0.3 is 0 Å². The minimum Gasteiger partial charge on any atom is -0.390 e. The molecule has 0 saturated heterocycles. The van der Waals surface area contributed by atoms with E-state index >= 15 is 0 Å². The lowest BCUT2D eigenvalue weighted by atomic mass is 9.71. The minimum absolute atomic E-state index is 0.315. The highest BCUT2D eigenvalue weighted by Gasteiger charge is 2.59. The second-order valence-corrected chi connectivity index (χ2v) is 7.51. The maximum absolute atomic E-state index is 11.1. The highest BCUT2D eigenvalue weighted by Crippen LogP contribution is 2.63. The van der Waals surface area contributed by atoms with E-state index in [9.17, 15) is 5.11 Å². The average Bonchev–Trinajstić information content (AvgIpc) is 3.11. The van der Waals surface area contributed by atoms with Gasteiger partial charge in [0.2, 0.25) is 0 Å². The number of aliphatic hydroxyl groups is 1. The molecule has 1 N–H and O–H groups in total. The summed E-state index contributed by atoms with van der Waals surface area (Å²) in [5, 5.41) is 11.1. The zero-order valence-electron chi connectivity index (χ0n) is 12.3. The molecule has 5 unspecified atom stereocenters. The molecule has 3 aliphatic rings. The highest BCUT2D eigenvalue weighted by atomic mass is 16.3. The summed E-state index contributed by atoms with van der Waals surface area (Å²) in [5.41, 5.74) is 1.10. The molecule has 0 spiro atoms. The van der Waals surface area contributed by atoms with Gasteiger partial charge in [-0.25, -0.2) is 0 Å². The predicted octanol–water partition coefficient (Wildman–Crippen LogP) is 4.20. The Morgan fingerprint density at radius 3 is 2.75 bits per heavy atom. The van der Waals surface area contributed by atoms with Crippen molar-refractivity contribution < 1.29 is 5.11 Å². The molecule has 3 saturated carbocycles. The quantitative estimate of drug-likeness (QED) is 0.869. The lowest BCUT2D eigenvalue weighted by Crippen LogP contribution is -2.41. The van der Waals surface area contributed by atoms with Gasteiger partial charge in [-0.1, -0.05) is 36.8 Å². The van der Waals surface area contributed by atoms with Crippen LogP contribution in [-0.2, 0) is 6.42 Å². The number of rotatable bonds is 4. The molecule has 1 nitrogen and oxygen atoms in total. The first-order valence-electron chi connectivity index (χ1n) is 8.52. The summed E-state index contributed by atoms with van der Waals surface area (Å²) in [6.07, 6.45) is 9.98. The Morgan fingerprint density at radius 1 is 1.10 bits per heavy atom. The third-order valence-electron chi connectivity index (χ3n) is 6.53. The first kappa shape index (κ1) is 12.9. The van der Waals surface area contributed by atoms with Gasteiger partial charge in [0.1, 0.15) is 0 Å². The van der Waals surface area contributed by atoms with Gasteiger partial charge in [0.25, 0.3) is 0 Å². The first-order chi connectivity index (χ1) is 9.76. The SMILES string of the molecule is OC1(CCCc2ccccc2)CC2CC1C1CCCC21. The van der Waals surface area contributed by atoms with E-state index in [1.807, 2.05) is 0 Å². The molecule has 5 atom stereocenters. The van der Waals surface area contributed by atoms with Gasteiger partial charge < -0.3 is 5.11 Å². The monoisotopic (exact) mass is 270 g/mol. The average molecular weight is 270 g/mol. The lowest BCUT2D eigenvalue weighted by molar-refractivity contribution is -0.0530. The molecule has 0 aliphatic heterocycles. The Morgan fingerprint density at radius 2 is 1.90 bits per heavy atom. The Balaban J connectivity index is 1.37. The van der Waals surface area contributed by atoms with E-state index < -0.39 is 0 Å². The zero-order chi connectivity index (χ0) is 13.6. The summed E-state index contributed by atoms with van der Waals surface area (Å²) >= 11 is 0. The van der Waals surface area contributed by atoms with Crippen LogP contribution in [0.5, 0.6) is 0 Å². The van der Waals surface area contributed by atoms with Crippen LogP contribution in [0.1, 0.15) is 50.5 Å². The smallest absolute Gasteiger partial charge is 0.0681 e. The molecule has 1 aromatic rings. The second-order valence-electron chi connectivity index (χ2n) is 7.51. The minimum atomic E-state index is -0.315. The fourth-order valence-electron chi connectivity index (χ4n) is 5.77. The molecule has 108 valence electrons. The van der Waals surface area contributed by atoms with Gasteiger partial charge in [-0.3, -0.25) is 0 Å². The van der Waals surface area contributed by atoms with Crippen LogP contribution in [0.25, 0.3) is 0 Å². The van der Waals surface area contributed by atoms with E-state index in [1.165, 1.54) is 31.2 Å². The molecule has 1 heteroatoms. The van der Waals surface area contributed by atoms with Crippen LogP contribution in [0.4, 0.5) is 0 Å². The number of hydrogen-bond donors (Lipinski definition) is 1. The number of fused-ring (bicyclic) bond motifs is 5. The van der Waals surface area contributed by atoms with Crippen molar-refractivity contribution in [1.29, 1.82) is 0 Å². The molecule has 3 fully saturated rings. The summed E-state index contributed by atoms with van der Waals surface area (Å²) in [6, 6.07) is 10.7. The molecular weight excluding hydrogens is 244 g/mol. The molecule has 4 rings (SSSR count). The van der Waals surface area contributed by atoms with Crippen molar-refractivity contribution in [3.05, 3.63) is 35.9 Å². The molecule has 20 heavy (non-hydrogen) atoms. The molecular formula is C19H26O. The standard InChI is InChI=1S/C19H26O/c20-19(11-5-8-14-6-2-1-3-7-14)13-15-12-18(19)17-10-4-9-16(15)17/h1-3,6-7,15-18,20H,4-5,8-13H2. The summed E-state index contributed by atoms with van der Waals surface area (Å²) in [4.78, 5) is 0. The number of benzene rings is 1. The van der Waals surface area contributed by atoms with E-state index in [0.29, 0.717) is 5.92 Å². The van der Waals surface area contributed by atoms with E-state index in [1.54, 1.807) is 0 Å². The molecule has 0 radical (unpaired) electrons. The largest absolute Gasteiger partial charge is 0.390 e. The normalized spacial score (nSPS) is 42.0. The first-order valence-corrected chi connectivity index (χ1v) is 8.52. The molecule has 0 heterocycles. The highest BCUT2D eigenvalue weighted by molar-refractivity contribution is 5.15. The van der Waals surface area contributed by atoms with Crippen LogP contribution >= 0.6 is 0 Å². The van der Waals surface area contributed by atoms with E-state index in [2.05, 4.69) is 30.3 Å². The van der Waals surface area contributed by atoms with Crippen molar-refractivity contribution in [2.75, 3.05) is 0 Å². The van der Waals surface area contributed by atoms with Gasteiger partial charge in [0, 0.05) is 0 Å². The van der Waals surface area contributed by atoms with Crippen molar-refractivity contribution >= 4 is 0 Å². The fourth-order valence-corrected chi connectivity index (χ4v) is 5.77.